The molecule has 1 atom stereocenters. The number of hydrogen-bond acceptors (Lipinski definition) is 5. The summed E-state index contributed by atoms with van der Waals surface area (Å²) in [6.45, 7) is 7.53. The summed E-state index contributed by atoms with van der Waals surface area (Å²) in [5, 5.41) is 9.67. The standard InChI is InChI=1S/C15H19BrFN5/c1-3-19-22-10(2)11-8-13(17)12(16)9-14(11)20-15(22)21-6-4-18-5-7-21/h3,8-10,18H,4-7H2,1-2H3/b19-3-. The fourth-order valence-corrected chi connectivity index (χ4v) is 3.13. The van der Waals surface area contributed by atoms with Crippen LogP contribution in [0.25, 0.3) is 0 Å². The number of benzene rings is 1. The van der Waals surface area contributed by atoms with Gasteiger partial charge in [0, 0.05) is 38.0 Å². The van der Waals surface area contributed by atoms with Crippen molar-refractivity contribution >= 4 is 33.8 Å². The zero-order chi connectivity index (χ0) is 15.7. The van der Waals surface area contributed by atoms with Crippen molar-refractivity contribution in [1.29, 1.82) is 0 Å². The molecule has 0 aromatic heterocycles. The van der Waals surface area contributed by atoms with Gasteiger partial charge in [-0.25, -0.2) is 14.4 Å². The van der Waals surface area contributed by atoms with Gasteiger partial charge < -0.3 is 10.2 Å². The van der Waals surface area contributed by atoms with Crippen molar-refractivity contribution in [2.24, 2.45) is 10.1 Å². The first-order valence-corrected chi connectivity index (χ1v) is 8.22. The zero-order valence-corrected chi connectivity index (χ0v) is 14.3. The van der Waals surface area contributed by atoms with Gasteiger partial charge in [-0.1, -0.05) is 0 Å². The molecule has 1 aromatic rings. The number of piperazine rings is 1. The van der Waals surface area contributed by atoms with E-state index in [1.165, 1.54) is 0 Å². The van der Waals surface area contributed by atoms with Gasteiger partial charge in [0.05, 0.1) is 16.2 Å². The van der Waals surface area contributed by atoms with Crippen molar-refractivity contribution in [3.8, 4) is 0 Å². The van der Waals surface area contributed by atoms with Crippen LogP contribution >= 0.6 is 15.9 Å². The first-order chi connectivity index (χ1) is 10.6. The van der Waals surface area contributed by atoms with Crippen molar-refractivity contribution in [2.75, 3.05) is 26.2 Å². The molecule has 0 amide bonds. The average Bonchev–Trinajstić information content (AvgIpc) is 2.53. The summed E-state index contributed by atoms with van der Waals surface area (Å²) < 4.78 is 14.3. The van der Waals surface area contributed by atoms with E-state index in [1.807, 2.05) is 18.9 Å². The number of nitrogens with one attached hydrogen (secondary N) is 1. The van der Waals surface area contributed by atoms with E-state index in [2.05, 4.69) is 31.2 Å². The summed E-state index contributed by atoms with van der Waals surface area (Å²) in [6, 6.07) is 3.23. The molecule has 1 fully saturated rings. The van der Waals surface area contributed by atoms with Crippen LogP contribution in [0.15, 0.2) is 26.7 Å². The number of halogens is 2. The third kappa shape index (κ3) is 2.75. The molecule has 1 unspecified atom stereocenters. The van der Waals surface area contributed by atoms with Gasteiger partial charge in [0.1, 0.15) is 5.82 Å². The maximum atomic E-state index is 13.9. The summed E-state index contributed by atoms with van der Waals surface area (Å²) in [7, 11) is 0. The number of nitrogens with zero attached hydrogens (tertiary/aromatic N) is 4. The average molecular weight is 368 g/mol. The summed E-state index contributed by atoms with van der Waals surface area (Å²) in [5.41, 5.74) is 1.65. The number of guanidine groups is 1. The molecule has 1 saturated heterocycles. The predicted molar refractivity (Wildman–Crippen MR) is 90.1 cm³/mol. The summed E-state index contributed by atoms with van der Waals surface area (Å²) in [5.74, 6) is 0.560. The molecule has 1 N–H and O–H groups in total. The normalized spacial score (nSPS) is 22.0. The van der Waals surface area contributed by atoms with Crippen LogP contribution in [0, 0.1) is 5.82 Å². The highest BCUT2D eigenvalue weighted by molar-refractivity contribution is 9.10. The molecule has 22 heavy (non-hydrogen) atoms. The number of rotatable bonds is 1. The van der Waals surface area contributed by atoms with E-state index in [1.54, 1.807) is 18.3 Å². The van der Waals surface area contributed by atoms with Crippen LogP contribution in [-0.4, -0.2) is 48.3 Å². The molecule has 0 bridgehead atoms. The Labute approximate surface area is 138 Å². The van der Waals surface area contributed by atoms with Crippen molar-refractivity contribution in [3.63, 3.8) is 0 Å². The van der Waals surface area contributed by atoms with Gasteiger partial charge in [-0.2, -0.15) is 5.10 Å². The van der Waals surface area contributed by atoms with Crippen molar-refractivity contribution < 1.29 is 4.39 Å². The summed E-state index contributed by atoms with van der Waals surface area (Å²) in [6.07, 6.45) is 1.74. The molecule has 5 nitrogen and oxygen atoms in total. The number of hydrazone groups is 1. The maximum absolute atomic E-state index is 13.9. The van der Waals surface area contributed by atoms with Gasteiger partial charge in [0.2, 0.25) is 5.96 Å². The van der Waals surface area contributed by atoms with Crippen LogP contribution in [0.5, 0.6) is 0 Å². The number of hydrogen-bond donors (Lipinski definition) is 1. The quantitative estimate of drug-likeness (QED) is 0.776. The second-order valence-electron chi connectivity index (χ2n) is 5.37. The van der Waals surface area contributed by atoms with E-state index < -0.39 is 0 Å². The molecule has 118 valence electrons. The summed E-state index contributed by atoms with van der Waals surface area (Å²) >= 11 is 3.24. The highest BCUT2D eigenvalue weighted by Gasteiger charge is 2.31. The van der Waals surface area contributed by atoms with E-state index >= 15 is 0 Å². The van der Waals surface area contributed by atoms with E-state index in [-0.39, 0.29) is 11.9 Å². The Hall–Kier alpha value is -1.47. The minimum Gasteiger partial charge on any atom is -0.338 e. The fraction of sp³-hybridized carbons (Fsp3) is 0.467. The number of aliphatic imine (C=N–C) groups is 1. The minimum absolute atomic E-state index is 0.0591. The van der Waals surface area contributed by atoms with Crippen LogP contribution in [0.2, 0.25) is 0 Å². The maximum Gasteiger partial charge on any atom is 0.223 e. The molecular formula is C15H19BrFN5. The SMILES string of the molecule is C/C=N\N1C(N2CCNCC2)=Nc2cc(Br)c(F)cc2C1C. The van der Waals surface area contributed by atoms with Gasteiger partial charge in [-0.15, -0.1) is 0 Å². The van der Waals surface area contributed by atoms with Gasteiger partial charge >= 0.3 is 0 Å². The highest BCUT2D eigenvalue weighted by atomic mass is 79.9. The largest absolute Gasteiger partial charge is 0.338 e. The highest BCUT2D eigenvalue weighted by Crippen LogP contribution is 2.38. The Morgan fingerprint density at radius 3 is 2.82 bits per heavy atom. The Morgan fingerprint density at radius 2 is 2.14 bits per heavy atom. The van der Waals surface area contributed by atoms with Gasteiger partial charge in [0.25, 0.3) is 0 Å². The molecule has 0 spiro atoms. The molecule has 7 heteroatoms. The number of fused-ring (bicyclic) bond motifs is 1. The molecular weight excluding hydrogens is 349 g/mol. The zero-order valence-electron chi connectivity index (χ0n) is 12.7. The summed E-state index contributed by atoms with van der Waals surface area (Å²) in [4.78, 5) is 6.97. The van der Waals surface area contributed by atoms with Crippen LogP contribution in [0.3, 0.4) is 0 Å². The molecule has 2 heterocycles. The predicted octanol–water partition coefficient (Wildman–Crippen LogP) is 2.86. The Morgan fingerprint density at radius 1 is 1.41 bits per heavy atom. The second kappa shape index (κ2) is 6.34. The lowest BCUT2D eigenvalue weighted by atomic mass is 10.0. The fourth-order valence-electron chi connectivity index (χ4n) is 2.80. The third-order valence-electron chi connectivity index (χ3n) is 3.95. The molecule has 0 aliphatic carbocycles. The van der Waals surface area contributed by atoms with Gasteiger partial charge in [-0.3, -0.25) is 0 Å². The Bertz CT molecular complexity index is 625. The topological polar surface area (TPSA) is 43.2 Å². The Balaban J connectivity index is 2.07. The second-order valence-corrected chi connectivity index (χ2v) is 6.22. The Kier molecular flexibility index (Phi) is 4.44. The molecule has 2 aliphatic heterocycles. The van der Waals surface area contributed by atoms with Crippen molar-refractivity contribution in [3.05, 3.63) is 28.0 Å². The van der Waals surface area contributed by atoms with Crippen LogP contribution < -0.4 is 5.32 Å². The first kappa shape index (κ1) is 15.4. The van der Waals surface area contributed by atoms with Crippen molar-refractivity contribution in [2.45, 2.75) is 19.9 Å². The van der Waals surface area contributed by atoms with Crippen LogP contribution in [-0.2, 0) is 0 Å². The van der Waals surface area contributed by atoms with Crippen molar-refractivity contribution in [1.82, 2.24) is 15.2 Å². The van der Waals surface area contributed by atoms with E-state index in [4.69, 9.17) is 4.99 Å². The smallest absolute Gasteiger partial charge is 0.223 e. The lowest BCUT2D eigenvalue weighted by Crippen LogP contribution is -2.52. The lowest BCUT2D eigenvalue weighted by Gasteiger charge is -2.39. The minimum atomic E-state index is -0.271. The molecule has 0 saturated carbocycles. The first-order valence-electron chi connectivity index (χ1n) is 7.43. The molecule has 1 aromatic carbocycles. The van der Waals surface area contributed by atoms with E-state index in [0.29, 0.717) is 4.47 Å². The lowest BCUT2D eigenvalue weighted by molar-refractivity contribution is 0.258. The molecule has 3 rings (SSSR count). The van der Waals surface area contributed by atoms with Crippen LogP contribution in [0.1, 0.15) is 25.5 Å². The van der Waals surface area contributed by atoms with E-state index in [0.717, 1.165) is 43.4 Å². The van der Waals surface area contributed by atoms with Gasteiger partial charge in [-0.05, 0) is 41.9 Å². The third-order valence-corrected chi connectivity index (χ3v) is 4.56. The van der Waals surface area contributed by atoms with E-state index in [9.17, 15) is 4.39 Å². The van der Waals surface area contributed by atoms with Gasteiger partial charge in [0.15, 0.2) is 0 Å². The molecule has 0 radical (unpaired) electrons. The van der Waals surface area contributed by atoms with Crippen LogP contribution in [0.4, 0.5) is 10.1 Å². The molecule has 2 aliphatic rings. The monoisotopic (exact) mass is 367 g/mol.